The molecule has 1 heterocycles. The molecule has 0 bridgehead atoms. The molecule has 4 aromatic rings. The smallest absolute Gasteiger partial charge is 0.291 e. The molecule has 2 amide bonds. The van der Waals surface area contributed by atoms with Crippen molar-refractivity contribution < 1.29 is 18.7 Å². The van der Waals surface area contributed by atoms with E-state index >= 15 is 0 Å². The van der Waals surface area contributed by atoms with Crippen LogP contribution in [0.1, 0.15) is 32.0 Å². The lowest BCUT2D eigenvalue weighted by atomic mass is 10.1. The number of nitrogens with one attached hydrogen (secondary N) is 2. The molecule has 6 nitrogen and oxygen atoms in total. The van der Waals surface area contributed by atoms with Crippen molar-refractivity contribution in [2.45, 2.75) is 13.5 Å². The lowest BCUT2D eigenvalue weighted by molar-refractivity contribution is 0.0991. The van der Waals surface area contributed by atoms with Crippen molar-refractivity contribution in [2.24, 2.45) is 0 Å². The largest absolute Gasteiger partial charge is 0.489 e. The molecule has 0 unspecified atom stereocenters. The van der Waals surface area contributed by atoms with Gasteiger partial charge in [-0.2, -0.15) is 0 Å². The minimum atomic E-state index is -0.392. The van der Waals surface area contributed by atoms with Gasteiger partial charge in [0.2, 0.25) is 0 Å². The van der Waals surface area contributed by atoms with E-state index in [4.69, 9.17) is 9.15 Å². The summed E-state index contributed by atoms with van der Waals surface area (Å²) in [5, 5.41) is 5.76. The number of para-hydroxylation sites is 1. The molecule has 0 saturated carbocycles. The highest BCUT2D eigenvalue weighted by atomic mass is 16.5. The van der Waals surface area contributed by atoms with Crippen LogP contribution < -0.4 is 15.4 Å². The highest BCUT2D eigenvalue weighted by molar-refractivity contribution is 6.06. The van der Waals surface area contributed by atoms with E-state index in [0.717, 1.165) is 5.56 Å². The quantitative estimate of drug-likeness (QED) is 0.399. The lowest BCUT2D eigenvalue weighted by Crippen LogP contribution is -2.16. The van der Waals surface area contributed by atoms with Crippen molar-refractivity contribution >= 4 is 23.2 Å². The van der Waals surface area contributed by atoms with E-state index in [-0.39, 0.29) is 18.3 Å². The van der Waals surface area contributed by atoms with Crippen molar-refractivity contribution in [3.63, 3.8) is 0 Å². The third-order valence-electron chi connectivity index (χ3n) is 4.96. The fraction of sp³-hybridized carbons (Fsp3) is 0.0769. The average molecular weight is 426 g/mol. The molecule has 3 aromatic carbocycles. The fourth-order valence-electron chi connectivity index (χ4n) is 3.20. The summed E-state index contributed by atoms with van der Waals surface area (Å²) in [6, 6.07) is 25.3. The van der Waals surface area contributed by atoms with Gasteiger partial charge in [0.1, 0.15) is 12.4 Å². The standard InChI is InChI=1S/C26H22N2O4/c1-18-22(27-25(29)19-9-4-2-5-10-19)13-8-14-23(18)28-26(30)24-20(15-16-31-24)17-32-21-11-6-3-7-12-21/h2-16H,17H2,1H3,(H,27,29)(H,28,30). The van der Waals surface area contributed by atoms with Crippen molar-refractivity contribution in [1.29, 1.82) is 0 Å². The van der Waals surface area contributed by atoms with Crippen LogP contribution in [-0.4, -0.2) is 11.8 Å². The zero-order valence-corrected chi connectivity index (χ0v) is 17.5. The first-order valence-electron chi connectivity index (χ1n) is 10.1. The molecule has 2 N–H and O–H groups in total. The average Bonchev–Trinajstić information content (AvgIpc) is 3.30. The summed E-state index contributed by atoms with van der Waals surface area (Å²) in [6.07, 6.45) is 1.46. The first-order valence-corrected chi connectivity index (χ1v) is 10.1. The Morgan fingerprint density at radius 1 is 0.781 bits per heavy atom. The van der Waals surface area contributed by atoms with E-state index in [1.165, 1.54) is 6.26 Å². The molecule has 0 aliphatic carbocycles. The van der Waals surface area contributed by atoms with Crippen LogP contribution in [0.3, 0.4) is 0 Å². The molecule has 0 saturated heterocycles. The van der Waals surface area contributed by atoms with E-state index in [2.05, 4.69) is 10.6 Å². The molecule has 160 valence electrons. The van der Waals surface area contributed by atoms with E-state index in [0.29, 0.717) is 28.3 Å². The summed E-state index contributed by atoms with van der Waals surface area (Å²) in [6.45, 7) is 2.03. The Morgan fingerprint density at radius 3 is 2.09 bits per heavy atom. The van der Waals surface area contributed by atoms with Crippen LogP contribution in [0.5, 0.6) is 5.75 Å². The fourth-order valence-corrected chi connectivity index (χ4v) is 3.20. The van der Waals surface area contributed by atoms with Gasteiger partial charge in [0.05, 0.1) is 6.26 Å². The third-order valence-corrected chi connectivity index (χ3v) is 4.96. The highest BCUT2D eigenvalue weighted by Gasteiger charge is 2.18. The minimum absolute atomic E-state index is 0.180. The Hall–Kier alpha value is -4.32. The van der Waals surface area contributed by atoms with Crippen LogP contribution in [0.15, 0.2) is 95.6 Å². The van der Waals surface area contributed by atoms with Crippen LogP contribution in [0.2, 0.25) is 0 Å². The Labute approximate surface area is 185 Å². The molecule has 6 heteroatoms. The number of hydrogen-bond acceptors (Lipinski definition) is 4. The Kier molecular flexibility index (Phi) is 6.32. The lowest BCUT2D eigenvalue weighted by Gasteiger charge is -2.13. The SMILES string of the molecule is Cc1c(NC(=O)c2ccccc2)cccc1NC(=O)c1occc1COc1ccccc1. The van der Waals surface area contributed by atoms with Crippen LogP contribution in [0.4, 0.5) is 11.4 Å². The third kappa shape index (κ3) is 4.87. The monoisotopic (exact) mass is 426 g/mol. The molecule has 32 heavy (non-hydrogen) atoms. The minimum Gasteiger partial charge on any atom is -0.489 e. The molecule has 4 rings (SSSR count). The molecule has 0 fully saturated rings. The molecule has 0 aliphatic heterocycles. The molecular formula is C26H22N2O4. The number of carbonyl (C=O) groups excluding carboxylic acids is 2. The number of amides is 2. The zero-order chi connectivity index (χ0) is 22.3. The second-order valence-electron chi connectivity index (χ2n) is 7.13. The summed E-state index contributed by atoms with van der Waals surface area (Å²) < 4.78 is 11.2. The summed E-state index contributed by atoms with van der Waals surface area (Å²) in [7, 11) is 0. The zero-order valence-electron chi connectivity index (χ0n) is 17.5. The molecule has 0 radical (unpaired) electrons. The van der Waals surface area contributed by atoms with Gasteiger partial charge >= 0.3 is 0 Å². The molecule has 0 atom stereocenters. The van der Waals surface area contributed by atoms with Gasteiger partial charge in [-0.15, -0.1) is 0 Å². The normalized spacial score (nSPS) is 10.4. The molecule has 0 aliphatic rings. The number of ether oxygens (including phenoxy) is 1. The van der Waals surface area contributed by atoms with Crippen molar-refractivity contribution in [2.75, 3.05) is 10.6 Å². The molecular weight excluding hydrogens is 404 g/mol. The number of rotatable bonds is 7. The second-order valence-corrected chi connectivity index (χ2v) is 7.13. The van der Waals surface area contributed by atoms with Crippen molar-refractivity contribution in [1.82, 2.24) is 0 Å². The topological polar surface area (TPSA) is 80.6 Å². The van der Waals surface area contributed by atoms with Gasteiger partial charge in [0, 0.05) is 22.5 Å². The summed E-state index contributed by atoms with van der Waals surface area (Å²) in [4.78, 5) is 25.4. The number of benzene rings is 3. The maximum Gasteiger partial charge on any atom is 0.291 e. The van der Waals surface area contributed by atoms with E-state index in [1.807, 2.05) is 43.3 Å². The Balaban J connectivity index is 1.46. The maximum atomic E-state index is 12.9. The number of hydrogen-bond donors (Lipinski definition) is 2. The predicted molar refractivity (Wildman–Crippen MR) is 123 cm³/mol. The summed E-state index contributed by atoms with van der Waals surface area (Å²) in [5.41, 5.74) is 3.12. The highest BCUT2D eigenvalue weighted by Crippen LogP contribution is 2.25. The Bertz CT molecular complexity index is 1220. The van der Waals surface area contributed by atoms with Gasteiger partial charge < -0.3 is 19.8 Å². The van der Waals surface area contributed by atoms with Crippen molar-refractivity contribution in [3.05, 3.63) is 114 Å². The van der Waals surface area contributed by atoms with Crippen LogP contribution >= 0.6 is 0 Å². The number of furan rings is 1. The number of carbonyl (C=O) groups is 2. The first-order chi connectivity index (χ1) is 15.6. The van der Waals surface area contributed by atoms with Gasteiger partial charge in [-0.1, -0.05) is 42.5 Å². The van der Waals surface area contributed by atoms with Gasteiger partial charge in [0.25, 0.3) is 11.8 Å². The summed E-state index contributed by atoms with van der Waals surface area (Å²) >= 11 is 0. The predicted octanol–water partition coefficient (Wildman–Crippen LogP) is 5.67. The van der Waals surface area contributed by atoms with Gasteiger partial charge in [-0.25, -0.2) is 0 Å². The number of anilines is 2. The van der Waals surface area contributed by atoms with E-state index in [9.17, 15) is 9.59 Å². The maximum absolute atomic E-state index is 12.9. The van der Waals surface area contributed by atoms with Gasteiger partial charge in [-0.3, -0.25) is 9.59 Å². The molecule has 0 spiro atoms. The van der Waals surface area contributed by atoms with E-state index in [1.54, 1.807) is 48.5 Å². The Morgan fingerprint density at radius 2 is 1.41 bits per heavy atom. The van der Waals surface area contributed by atoms with Crippen LogP contribution in [-0.2, 0) is 6.61 Å². The van der Waals surface area contributed by atoms with Crippen molar-refractivity contribution in [3.8, 4) is 5.75 Å². The second kappa shape index (κ2) is 9.66. The summed E-state index contributed by atoms with van der Waals surface area (Å²) in [5.74, 6) is 0.275. The van der Waals surface area contributed by atoms with Crippen LogP contribution in [0, 0.1) is 6.92 Å². The van der Waals surface area contributed by atoms with Crippen LogP contribution in [0.25, 0.3) is 0 Å². The molecule has 1 aromatic heterocycles. The van der Waals surface area contributed by atoms with Gasteiger partial charge in [-0.05, 0) is 55.0 Å². The van der Waals surface area contributed by atoms with E-state index < -0.39 is 5.91 Å². The van der Waals surface area contributed by atoms with Gasteiger partial charge in [0.15, 0.2) is 5.76 Å². The first kappa shape index (κ1) is 20.9.